The fourth-order valence-electron chi connectivity index (χ4n) is 3.18. The van der Waals surface area contributed by atoms with Crippen molar-refractivity contribution >= 4 is 17.8 Å². The highest BCUT2D eigenvalue weighted by atomic mass is 19.1. The van der Waals surface area contributed by atoms with Crippen molar-refractivity contribution in [3.8, 4) is 22.6 Å². The smallest absolute Gasteiger partial charge is 0.303 e. The largest absolute Gasteiger partial charge is 0.493 e. The summed E-state index contributed by atoms with van der Waals surface area (Å²) in [4.78, 5) is 23.5. The van der Waals surface area contributed by atoms with E-state index in [-0.39, 0.29) is 24.6 Å². The number of ketones is 1. The zero-order valence-corrected chi connectivity index (χ0v) is 17.6. The molecule has 5 nitrogen and oxygen atoms in total. The maximum Gasteiger partial charge on any atom is 0.303 e. The van der Waals surface area contributed by atoms with E-state index >= 15 is 0 Å². The van der Waals surface area contributed by atoms with Gasteiger partial charge < -0.3 is 14.6 Å². The summed E-state index contributed by atoms with van der Waals surface area (Å²) in [6.07, 6.45) is 3.50. The van der Waals surface area contributed by atoms with Crippen LogP contribution >= 0.6 is 0 Å². The van der Waals surface area contributed by atoms with Crippen LogP contribution in [0.2, 0.25) is 0 Å². The Morgan fingerprint density at radius 3 is 2.56 bits per heavy atom. The molecule has 1 N–H and O–H groups in total. The van der Waals surface area contributed by atoms with Crippen LogP contribution in [0, 0.1) is 5.82 Å². The number of hydrogen-bond donors (Lipinski definition) is 1. The van der Waals surface area contributed by atoms with Crippen molar-refractivity contribution in [2.75, 3.05) is 13.7 Å². The van der Waals surface area contributed by atoms with Crippen molar-refractivity contribution in [1.29, 1.82) is 0 Å². The molecule has 6 heteroatoms. The van der Waals surface area contributed by atoms with E-state index in [9.17, 15) is 14.0 Å². The van der Waals surface area contributed by atoms with E-state index < -0.39 is 5.97 Å². The number of carboxylic acids is 1. The second-order valence-electron chi connectivity index (χ2n) is 7.01. The van der Waals surface area contributed by atoms with E-state index in [1.54, 1.807) is 60.7 Å². The summed E-state index contributed by atoms with van der Waals surface area (Å²) in [6, 6.07) is 18.4. The number of carbonyl (C=O) groups excluding carboxylic acids is 1. The van der Waals surface area contributed by atoms with Crippen molar-refractivity contribution in [3.63, 3.8) is 0 Å². The topological polar surface area (TPSA) is 72.8 Å². The van der Waals surface area contributed by atoms with Crippen LogP contribution in [0.4, 0.5) is 4.39 Å². The zero-order chi connectivity index (χ0) is 22.9. The lowest BCUT2D eigenvalue weighted by Gasteiger charge is -2.11. The molecule has 0 spiro atoms. The SMILES string of the molecule is COc1ccc(C=CC(=O)c2ccccc2-c2cccc(F)c2)cc1OCCCC(=O)O. The van der Waals surface area contributed by atoms with Crippen molar-refractivity contribution in [2.45, 2.75) is 12.8 Å². The molecule has 0 fully saturated rings. The quantitative estimate of drug-likeness (QED) is 0.254. The molecule has 164 valence electrons. The van der Waals surface area contributed by atoms with Crippen LogP contribution in [0.1, 0.15) is 28.8 Å². The fraction of sp³-hybridized carbons (Fsp3) is 0.154. The van der Waals surface area contributed by atoms with E-state index in [4.69, 9.17) is 14.6 Å². The van der Waals surface area contributed by atoms with Crippen molar-refractivity contribution < 1.29 is 28.6 Å². The minimum Gasteiger partial charge on any atom is -0.493 e. The van der Waals surface area contributed by atoms with Gasteiger partial charge in [-0.05, 0) is 53.5 Å². The molecule has 0 aliphatic rings. The van der Waals surface area contributed by atoms with E-state index in [0.29, 0.717) is 34.6 Å². The van der Waals surface area contributed by atoms with E-state index in [2.05, 4.69) is 0 Å². The molecule has 0 aliphatic heterocycles. The van der Waals surface area contributed by atoms with Crippen LogP contribution in [0.5, 0.6) is 11.5 Å². The van der Waals surface area contributed by atoms with Crippen LogP contribution in [-0.4, -0.2) is 30.6 Å². The first-order valence-corrected chi connectivity index (χ1v) is 10.1. The molecule has 3 aromatic rings. The van der Waals surface area contributed by atoms with Gasteiger partial charge in [0.05, 0.1) is 13.7 Å². The van der Waals surface area contributed by atoms with E-state index in [1.165, 1.54) is 25.3 Å². The van der Waals surface area contributed by atoms with Gasteiger partial charge >= 0.3 is 5.97 Å². The summed E-state index contributed by atoms with van der Waals surface area (Å²) < 4.78 is 24.6. The minimum absolute atomic E-state index is 0.0150. The maximum absolute atomic E-state index is 13.7. The average molecular weight is 434 g/mol. The number of allylic oxidation sites excluding steroid dienone is 1. The third-order valence-electron chi connectivity index (χ3n) is 4.74. The molecule has 3 aromatic carbocycles. The molecular weight excluding hydrogens is 411 g/mol. The van der Waals surface area contributed by atoms with Gasteiger partial charge in [-0.3, -0.25) is 9.59 Å². The van der Waals surface area contributed by atoms with E-state index in [0.717, 1.165) is 5.56 Å². The fourth-order valence-corrected chi connectivity index (χ4v) is 3.18. The molecule has 0 aromatic heterocycles. The first kappa shape index (κ1) is 22.7. The highest BCUT2D eigenvalue weighted by Crippen LogP contribution is 2.29. The number of ether oxygens (including phenoxy) is 2. The number of rotatable bonds is 10. The van der Waals surface area contributed by atoms with Gasteiger partial charge in [-0.1, -0.05) is 48.5 Å². The highest BCUT2D eigenvalue weighted by Gasteiger charge is 2.11. The second-order valence-corrected chi connectivity index (χ2v) is 7.01. The Morgan fingerprint density at radius 2 is 1.81 bits per heavy atom. The molecule has 0 radical (unpaired) electrons. The van der Waals surface area contributed by atoms with Gasteiger partial charge in [-0.15, -0.1) is 0 Å². The lowest BCUT2D eigenvalue weighted by atomic mass is 9.96. The molecule has 0 unspecified atom stereocenters. The number of aliphatic carboxylic acids is 1. The third-order valence-corrected chi connectivity index (χ3v) is 4.74. The Balaban J connectivity index is 1.79. The number of carboxylic acid groups (broad SMARTS) is 1. The Labute approximate surface area is 185 Å². The lowest BCUT2D eigenvalue weighted by molar-refractivity contribution is -0.137. The first-order valence-electron chi connectivity index (χ1n) is 10.1. The number of carbonyl (C=O) groups is 2. The van der Waals surface area contributed by atoms with Crippen LogP contribution < -0.4 is 9.47 Å². The number of methoxy groups -OCH3 is 1. The van der Waals surface area contributed by atoms with Gasteiger partial charge in [-0.25, -0.2) is 4.39 Å². The van der Waals surface area contributed by atoms with Crippen LogP contribution in [-0.2, 0) is 4.79 Å². The normalized spacial score (nSPS) is 10.8. The molecule has 0 bridgehead atoms. The molecule has 0 amide bonds. The van der Waals surface area contributed by atoms with Crippen LogP contribution in [0.15, 0.2) is 72.8 Å². The predicted octanol–water partition coefficient (Wildman–Crippen LogP) is 5.64. The first-order chi connectivity index (χ1) is 15.5. The summed E-state index contributed by atoms with van der Waals surface area (Å²) in [5.74, 6) is -0.485. The molecule has 3 rings (SSSR count). The Hall–Kier alpha value is -3.93. The predicted molar refractivity (Wildman–Crippen MR) is 121 cm³/mol. The molecule has 32 heavy (non-hydrogen) atoms. The Morgan fingerprint density at radius 1 is 1.00 bits per heavy atom. The van der Waals surface area contributed by atoms with Gasteiger partial charge in [0.1, 0.15) is 5.82 Å². The molecular formula is C26H23FO5. The summed E-state index contributed by atoms with van der Waals surface area (Å²) >= 11 is 0. The summed E-state index contributed by atoms with van der Waals surface area (Å²) in [5.41, 5.74) is 2.46. The monoisotopic (exact) mass is 434 g/mol. The van der Waals surface area contributed by atoms with Crippen LogP contribution in [0.3, 0.4) is 0 Å². The third kappa shape index (κ3) is 6.04. The van der Waals surface area contributed by atoms with Gasteiger partial charge in [0.15, 0.2) is 17.3 Å². The highest BCUT2D eigenvalue weighted by molar-refractivity contribution is 6.11. The molecule has 0 saturated carbocycles. The van der Waals surface area contributed by atoms with Crippen LogP contribution in [0.25, 0.3) is 17.2 Å². The van der Waals surface area contributed by atoms with E-state index in [1.807, 2.05) is 0 Å². The minimum atomic E-state index is -0.880. The number of halogens is 1. The maximum atomic E-state index is 13.7. The molecule has 0 aliphatic carbocycles. The standard InChI is InChI=1S/C26H23FO5/c1-31-24-14-12-18(16-25(24)32-15-5-10-26(29)30)11-13-23(28)22-9-3-2-8-21(22)19-6-4-7-20(27)17-19/h2-4,6-9,11-14,16-17H,5,10,15H2,1H3,(H,29,30). The van der Waals surface area contributed by atoms with Crippen molar-refractivity contribution in [3.05, 3.63) is 89.8 Å². The summed E-state index contributed by atoms with van der Waals surface area (Å²) in [5, 5.41) is 8.74. The average Bonchev–Trinajstić information content (AvgIpc) is 2.80. The number of benzene rings is 3. The Kier molecular flexibility index (Phi) is 7.75. The summed E-state index contributed by atoms with van der Waals surface area (Å²) in [6.45, 7) is 0.232. The molecule has 0 heterocycles. The van der Waals surface area contributed by atoms with Gasteiger partial charge in [0.25, 0.3) is 0 Å². The second kappa shape index (κ2) is 10.9. The zero-order valence-electron chi connectivity index (χ0n) is 17.6. The van der Waals surface area contributed by atoms with Gasteiger partial charge in [0, 0.05) is 12.0 Å². The lowest BCUT2D eigenvalue weighted by Crippen LogP contribution is -2.03. The van der Waals surface area contributed by atoms with Gasteiger partial charge in [0.2, 0.25) is 0 Å². The van der Waals surface area contributed by atoms with Crippen molar-refractivity contribution in [1.82, 2.24) is 0 Å². The van der Waals surface area contributed by atoms with Gasteiger partial charge in [-0.2, -0.15) is 0 Å². The Bertz CT molecular complexity index is 1140. The molecule has 0 atom stereocenters. The van der Waals surface area contributed by atoms with Crippen molar-refractivity contribution in [2.24, 2.45) is 0 Å². The molecule has 0 saturated heterocycles. The summed E-state index contributed by atoms with van der Waals surface area (Å²) in [7, 11) is 1.52. The number of hydrogen-bond acceptors (Lipinski definition) is 4.